The predicted molar refractivity (Wildman–Crippen MR) is 177 cm³/mol. The van der Waals surface area contributed by atoms with Crippen LogP contribution in [0.25, 0.3) is 55.8 Å². The molecular weight excluding hydrogens is 533 g/mol. The maximum atomic E-state index is 5.93. The first kappa shape index (κ1) is 26.5. The van der Waals surface area contributed by atoms with Gasteiger partial charge in [0.05, 0.1) is 44.0 Å². The second-order valence-corrected chi connectivity index (χ2v) is 12.4. The molecule has 0 aliphatic heterocycles. The highest BCUT2D eigenvalue weighted by Crippen LogP contribution is 2.43. The molecule has 42 heavy (non-hydrogen) atoms. The van der Waals surface area contributed by atoms with Crippen LogP contribution in [0.3, 0.4) is 0 Å². The molecule has 0 spiro atoms. The molecule has 5 heteroatoms. The van der Waals surface area contributed by atoms with Crippen LogP contribution in [0, 0.1) is 13.8 Å². The normalized spacial score (nSPS) is 12.5. The summed E-state index contributed by atoms with van der Waals surface area (Å²) in [6, 6.07) is 25.4. The van der Waals surface area contributed by atoms with Gasteiger partial charge in [0.25, 0.3) is 0 Å². The fourth-order valence-corrected chi connectivity index (χ4v) is 6.45. The van der Waals surface area contributed by atoms with E-state index in [2.05, 4.69) is 102 Å². The molecule has 7 rings (SSSR count). The predicted octanol–water partition coefficient (Wildman–Crippen LogP) is 9.52. The Morgan fingerprint density at radius 3 is 1.29 bits per heavy atom. The maximum absolute atomic E-state index is 5.93. The first-order valence-electron chi connectivity index (χ1n) is 14.6. The molecule has 0 saturated carbocycles. The van der Waals surface area contributed by atoms with Gasteiger partial charge in [0.1, 0.15) is 5.69 Å². The van der Waals surface area contributed by atoms with Crippen LogP contribution in [0.2, 0.25) is 0 Å². The molecule has 4 aromatic carbocycles. The summed E-state index contributed by atoms with van der Waals surface area (Å²) < 4.78 is 0. The van der Waals surface area contributed by atoms with Gasteiger partial charge >= 0.3 is 0 Å². The summed E-state index contributed by atoms with van der Waals surface area (Å²) in [5.74, 6) is 0.295. The minimum atomic E-state index is 0.145. The molecule has 2 heterocycles. The summed E-state index contributed by atoms with van der Waals surface area (Å²) in [4.78, 5) is 22.4. The van der Waals surface area contributed by atoms with Crippen LogP contribution in [-0.2, 0) is 0 Å². The van der Waals surface area contributed by atoms with Crippen LogP contribution in [0.1, 0.15) is 73.0 Å². The summed E-state index contributed by atoms with van der Waals surface area (Å²) in [7, 11) is 0. The van der Waals surface area contributed by atoms with Gasteiger partial charge in [0.15, 0.2) is 0 Å². The Morgan fingerprint density at radius 1 is 0.476 bits per heavy atom. The highest BCUT2D eigenvalue weighted by Gasteiger charge is 2.31. The lowest BCUT2D eigenvalue weighted by Gasteiger charge is -2.21. The molecule has 1 aliphatic rings. The van der Waals surface area contributed by atoms with Crippen molar-refractivity contribution >= 4 is 39.1 Å². The van der Waals surface area contributed by atoms with Crippen molar-refractivity contribution in [2.75, 3.05) is 0 Å². The van der Waals surface area contributed by atoms with Gasteiger partial charge < -0.3 is 0 Å². The van der Waals surface area contributed by atoms with Crippen LogP contribution in [0.15, 0.2) is 72.8 Å². The van der Waals surface area contributed by atoms with E-state index in [0.29, 0.717) is 0 Å². The highest BCUT2D eigenvalue weighted by molar-refractivity contribution is 7.81. The average Bonchev–Trinajstić information content (AvgIpc) is 3.25. The molecule has 0 bridgehead atoms. The molecule has 0 N–H and O–H groups in total. The molecule has 0 amide bonds. The van der Waals surface area contributed by atoms with Gasteiger partial charge in [-0.2, -0.15) is 0 Å². The van der Waals surface area contributed by atoms with E-state index in [0.717, 1.165) is 83.1 Å². The molecule has 206 valence electrons. The molecule has 0 radical (unpaired) electrons. The summed E-state index contributed by atoms with van der Waals surface area (Å²) in [5.41, 5.74) is 15.7. The molecule has 0 unspecified atom stereocenters. The number of hydrogen-bond donors (Lipinski definition) is 0. The van der Waals surface area contributed by atoms with Crippen molar-refractivity contribution in [2.24, 2.45) is 0 Å². The van der Waals surface area contributed by atoms with Crippen LogP contribution in [0.4, 0.5) is 0 Å². The number of benzene rings is 4. The van der Waals surface area contributed by atoms with E-state index >= 15 is 0 Å². The lowest BCUT2D eigenvalue weighted by molar-refractivity contribution is 0.860. The van der Waals surface area contributed by atoms with E-state index in [9.17, 15) is 0 Å². The first-order valence-corrected chi connectivity index (χ1v) is 15.0. The van der Waals surface area contributed by atoms with Gasteiger partial charge in [-0.3, -0.25) is 0 Å². The Hall–Kier alpha value is -4.35. The number of aryl methyl sites for hydroxylation is 2. The van der Waals surface area contributed by atoms with Crippen molar-refractivity contribution in [3.8, 4) is 33.8 Å². The molecule has 6 aromatic rings. The minimum Gasteiger partial charge on any atom is -0.243 e. The van der Waals surface area contributed by atoms with Crippen molar-refractivity contribution in [1.82, 2.24) is 19.9 Å². The quantitative estimate of drug-likeness (QED) is 0.157. The van der Waals surface area contributed by atoms with E-state index in [4.69, 9.17) is 32.2 Å². The number of fused-ring (bicyclic) bond motifs is 5. The van der Waals surface area contributed by atoms with Gasteiger partial charge in [-0.05, 0) is 25.7 Å². The average molecular weight is 565 g/mol. The number of rotatable bonds is 4. The summed E-state index contributed by atoms with van der Waals surface area (Å²) in [6.45, 7) is 13.0. The monoisotopic (exact) mass is 564 g/mol. The number of nitrogens with zero attached hydrogens (tertiary/aromatic N) is 4. The lowest BCUT2D eigenvalue weighted by atomic mass is 9.90. The molecule has 2 aromatic heterocycles. The summed E-state index contributed by atoms with van der Waals surface area (Å²) in [5, 5.41) is 0. The standard InChI is InChI=1S/C37H32N4S/c1-19(2)27-32-33(39-30(24-17-13-22(6)14-18-24)29(38-32)23-15-11-21(5)12-16-23)28(20(3)4)35-34(27)40-31-25-9-7-8-10-26(25)37(42)36(31)41-35/h7-20H,1-6H3. The van der Waals surface area contributed by atoms with Gasteiger partial charge in [0.2, 0.25) is 0 Å². The second kappa shape index (κ2) is 9.88. The Labute approximate surface area is 251 Å². The zero-order valence-electron chi connectivity index (χ0n) is 24.8. The van der Waals surface area contributed by atoms with E-state index < -0.39 is 0 Å². The number of aromatic nitrogens is 4. The largest absolute Gasteiger partial charge is 0.243 e. The zero-order chi connectivity index (χ0) is 29.3. The van der Waals surface area contributed by atoms with Crippen molar-refractivity contribution in [1.29, 1.82) is 0 Å². The van der Waals surface area contributed by atoms with Crippen molar-refractivity contribution in [3.05, 3.63) is 106 Å². The van der Waals surface area contributed by atoms with Crippen LogP contribution in [-0.4, -0.2) is 24.8 Å². The van der Waals surface area contributed by atoms with Crippen molar-refractivity contribution in [2.45, 2.75) is 53.4 Å². The third-order valence-corrected chi connectivity index (χ3v) is 8.67. The van der Waals surface area contributed by atoms with E-state index in [-0.39, 0.29) is 11.8 Å². The molecule has 4 nitrogen and oxygen atoms in total. The number of thiocarbonyl (C=S) groups is 1. The fraction of sp³-hybridized carbons (Fsp3) is 0.216. The van der Waals surface area contributed by atoms with Gasteiger partial charge in [-0.1, -0.05) is 124 Å². The fourth-order valence-electron chi connectivity index (χ4n) is 6.13. The van der Waals surface area contributed by atoms with Crippen LogP contribution in [0.5, 0.6) is 0 Å². The van der Waals surface area contributed by atoms with Crippen molar-refractivity contribution < 1.29 is 0 Å². The maximum Gasteiger partial charge on any atom is 0.109 e. The third-order valence-electron chi connectivity index (χ3n) is 8.26. The van der Waals surface area contributed by atoms with Gasteiger partial charge in [0, 0.05) is 33.4 Å². The first-order chi connectivity index (χ1) is 20.2. The molecule has 0 atom stereocenters. The molecular formula is C37H32N4S. The Bertz CT molecular complexity index is 2060. The summed E-state index contributed by atoms with van der Waals surface area (Å²) >= 11 is 5.93. The van der Waals surface area contributed by atoms with Gasteiger partial charge in [-0.25, -0.2) is 19.9 Å². The topological polar surface area (TPSA) is 51.6 Å². The lowest BCUT2D eigenvalue weighted by Crippen LogP contribution is -2.09. The van der Waals surface area contributed by atoms with Crippen molar-refractivity contribution in [3.63, 3.8) is 0 Å². The zero-order valence-corrected chi connectivity index (χ0v) is 25.6. The molecule has 1 aliphatic carbocycles. The number of hydrogen-bond acceptors (Lipinski definition) is 5. The third kappa shape index (κ3) is 4.06. The SMILES string of the molecule is Cc1ccc(-c2nc3c(C(C)C)c4nc5c(nc4c(C(C)C)c3nc2-c2ccc(C)cc2)-c2ccccc2C5=S)cc1. The van der Waals surface area contributed by atoms with Crippen LogP contribution >= 0.6 is 12.2 Å². The minimum absolute atomic E-state index is 0.145. The van der Waals surface area contributed by atoms with Crippen LogP contribution < -0.4 is 0 Å². The smallest absolute Gasteiger partial charge is 0.109 e. The van der Waals surface area contributed by atoms with E-state index in [1.165, 1.54) is 11.1 Å². The second-order valence-electron chi connectivity index (χ2n) is 12.0. The van der Waals surface area contributed by atoms with E-state index in [1.807, 2.05) is 12.1 Å². The van der Waals surface area contributed by atoms with Gasteiger partial charge in [-0.15, -0.1) is 0 Å². The Morgan fingerprint density at radius 2 is 0.857 bits per heavy atom. The Balaban J connectivity index is 1.65. The summed E-state index contributed by atoms with van der Waals surface area (Å²) in [6.07, 6.45) is 0. The Kier molecular flexibility index (Phi) is 6.25. The molecule has 0 saturated heterocycles. The highest BCUT2D eigenvalue weighted by atomic mass is 32.1. The van der Waals surface area contributed by atoms with E-state index in [1.54, 1.807) is 0 Å². The molecule has 0 fully saturated rings.